The van der Waals surface area contributed by atoms with Crippen LogP contribution in [0.25, 0.3) is 0 Å². The van der Waals surface area contributed by atoms with Crippen LogP contribution in [0.5, 0.6) is 5.75 Å². The predicted molar refractivity (Wildman–Crippen MR) is 144 cm³/mol. The molecule has 0 aliphatic carbocycles. The average molecular weight is 481 g/mol. The first-order valence-corrected chi connectivity index (χ1v) is 13.1. The Hall–Kier alpha value is -2.66. The Kier molecular flexibility index (Phi) is 12.0. The van der Waals surface area contributed by atoms with Crippen LogP contribution in [0.3, 0.4) is 0 Å². The maximum atomic E-state index is 13.2. The largest absolute Gasteiger partial charge is 0.493 e. The summed E-state index contributed by atoms with van der Waals surface area (Å²) >= 11 is 0. The lowest BCUT2D eigenvalue weighted by molar-refractivity contribution is -0.124. The number of hydrogen-bond donors (Lipinski definition) is 2. The monoisotopic (exact) mass is 480 g/mol. The number of nitrogens with two attached hydrogens (primary N) is 1. The standard InChI is InChI=1S/C30H44N2O3/c1-6-11-21(3)20-35-27-16-14-25(15-17-27)26(19-32-30(34)29(31)22(4)7-2)18-28(33)23(5)24-12-9-8-10-13-24/h8-10,12-17,21-23,26,29H,6-7,11,18-20,31H2,1-5H3,(H,32,34)/t21?,22-,23+,26+,29+/m1/s1. The lowest BCUT2D eigenvalue weighted by Crippen LogP contribution is -2.45. The Bertz CT molecular complexity index is 898. The minimum atomic E-state index is -0.555. The third-order valence-electron chi connectivity index (χ3n) is 6.98. The highest BCUT2D eigenvalue weighted by Crippen LogP contribution is 2.27. The summed E-state index contributed by atoms with van der Waals surface area (Å²) < 4.78 is 5.95. The van der Waals surface area contributed by atoms with Gasteiger partial charge in [-0.1, -0.05) is 89.9 Å². The van der Waals surface area contributed by atoms with Crippen molar-refractivity contribution >= 4 is 11.7 Å². The van der Waals surface area contributed by atoms with Crippen LogP contribution in [0, 0.1) is 11.8 Å². The Labute approximate surface area is 211 Å². The Morgan fingerprint density at radius 1 is 0.943 bits per heavy atom. The topological polar surface area (TPSA) is 81.4 Å². The van der Waals surface area contributed by atoms with Crippen LogP contribution in [0.2, 0.25) is 0 Å². The molecule has 1 amide bonds. The molecule has 0 radical (unpaired) electrons. The molecule has 1 unspecified atom stereocenters. The second kappa shape index (κ2) is 14.7. The summed E-state index contributed by atoms with van der Waals surface area (Å²) in [5.41, 5.74) is 8.13. The number of Topliss-reactive ketones (excluding diaryl/α,β-unsaturated/α-hetero) is 1. The third kappa shape index (κ3) is 9.14. The quantitative estimate of drug-likeness (QED) is 0.336. The Morgan fingerprint density at radius 2 is 1.60 bits per heavy atom. The third-order valence-corrected chi connectivity index (χ3v) is 6.98. The van der Waals surface area contributed by atoms with E-state index in [1.165, 1.54) is 0 Å². The number of carbonyl (C=O) groups is 2. The van der Waals surface area contributed by atoms with E-state index in [4.69, 9.17) is 10.5 Å². The molecule has 0 aliphatic rings. The first-order valence-electron chi connectivity index (χ1n) is 13.1. The highest BCUT2D eigenvalue weighted by Gasteiger charge is 2.24. The van der Waals surface area contributed by atoms with Gasteiger partial charge in [0.25, 0.3) is 0 Å². The molecule has 0 fully saturated rings. The summed E-state index contributed by atoms with van der Waals surface area (Å²) in [4.78, 5) is 25.8. The molecule has 0 spiro atoms. The van der Waals surface area contributed by atoms with Gasteiger partial charge in [0.15, 0.2) is 0 Å². The number of ether oxygens (including phenoxy) is 1. The molecule has 5 heteroatoms. The van der Waals surface area contributed by atoms with Crippen molar-refractivity contribution in [2.45, 2.75) is 78.2 Å². The van der Waals surface area contributed by atoms with Crippen LogP contribution in [0.4, 0.5) is 0 Å². The van der Waals surface area contributed by atoms with E-state index in [1.807, 2.05) is 75.4 Å². The lowest BCUT2D eigenvalue weighted by Gasteiger charge is -2.23. The molecule has 0 saturated carbocycles. The normalized spacial score (nSPS) is 15.5. The van der Waals surface area contributed by atoms with Gasteiger partial charge in [0.05, 0.1) is 12.6 Å². The summed E-state index contributed by atoms with van der Waals surface area (Å²) in [6, 6.07) is 17.2. The van der Waals surface area contributed by atoms with Crippen molar-refractivity contribution in [3.8, 4) is 5.75 Å². The molecule has 3 N–H and O–H groups in total. The molecule has 0 saturated heterocycles. The first-order chi connectivity index (χ1) is 16.8. The summed E-state index contributed by atoms with van der Waals surface area (Å²) in [5, 5.41) is 3.00. The zero-order chi connectivity index (χ0) is 25.8. The van der Waals surface area contributed by atoms with Crippen molar-refractivity contribution in [2.75, 3.05) is 13.2 Å². The van der Waals surface area contributed by atoms with Crippen molar-refractivity contribution in [1.29, 1.82) is 0 Å². The molecule has 2 aromatic rings. The predicted octanol–water partition coefficient (Wildman–Crippen LogP) is 5.84. The van der Waals surface area contributed by atoms with Gasteiger partial charge >= 0.3 is 0 Å². The zero-order valence-electron chi connectivity index (χ0n) is 22.1. The highest BCUT2D eigenvalue weighted by atomic mass is 16.5. The van der Waals surface area contributed by atoms with Crippen LogP contribution in [0.1, 0.15) is 83.3 Å². The molecule has 0 heterocycles. The second-order valence-corrected chi connectivity index (χ2v) is 9.93. The van der Waals surface area contributed by atoms with Crippen LogP contribution in [-0.2, 0) is 9.59 Å². The molecule has 2 rings (SSSR count). The van der Waals surface area contributed by atoms with Crippen LogP contribution >= 0.6 is 0 Å². The number of ketones is 1. The fourth-order valence-corrected chi connectivity index (χ4v) is 4.16. The molecule has 0 bridgehead atoms. The van der Waals surface area contributed by atoms with Crippen molar-refractivity contribution < 1.29 is 14.3 Å². The van der Waals surface area contributed by atoms with Gasteiger partial charge in [-0.2, -0.15) is 0 Å². The first kappa shape index (κ1) is 28.6. The van der Waals surface area contributed by atoms with E-state index in [0.29, 0.717) is 25.5 Å². The van der Waals surface area contributed by atoms with E-state index in [0.717, 1.165) is 36.1 Å². The van der Waals surface area contributed by atoms with Gasteiger partial charge in [-0.05, 0) is 41.5 Å². The van der Waals surface area contributed by atoms with Crippen molar-refractivity contribution in [3.05, 3.63) is 65.7 Å². The maximum absolute atomic E-state index is 13.2. The lowest BCUT2D eigenvalue weighted by atomic mass is 9.87. The van der Waals surface area contributed by atoms with E-state index in [9.17, 15) is 9.59 Å². The van der Waals surface area contributed by atoms with Crippen molar-refractivity contribution in [2.24, 2.45) is 17.6 Å². The van der Waals surface area contributed by atoms with E-state index < -0.39 is 6.04 Å². The molecule has 35 heavy (non-hydrogen) atoms. The van der Waals surface area contributed by atoms with E-state index in [2.05, 4.69) is 19.2 Å². The Morgan fingerprint density at radius 3 is 2.20 bits per heavy atom. The number of benzene rings is 2. The smallest absolute Gasteiger partial charge is 0.237 e. The SMILES string of the molecule is CCCC(C)COc1ccc([C@H](CNC(=O)[C@@H](N)[C@H](C)CC)CC(=O)[C@@H](C)c2ccccc2)cc1. The maximum Gasteiger partial charge on any atom is 0.237 e. The van der Waals surface area contributed by atoms with Crippen LogP contribution in [0.15, 0.2) is 54.6 Å². The molecular formula is C30H44N2O3. The van der Waals surface area contributed by atoms with Crippen molar-refractivity contribution in [3.63, 3.8) is 0 Å². The zero-order valence-corrected chi connectivity index (χ0v) is 22.1. The average Bonchev–Trinajstić information content (AvgIpc) is 2.89. The second-order valence-electron chi connectivity index (χ2n) is 9.93. The number of amides is 1. The minimum Gasteiger partial charge on any atom is -0.493 e. The Balaban J connectivity index is 2.13. The molecular weight excluding hydrogens is 436 g/mol. The number of nitrogens with one attached hydrogen (secondary N) is 1. The number of rotatable bonds is 15. The molecule has 5 nitrogen and oxygen atoms in total. The van der Waals surface area contributed by atoms with Gasteiger partial charge in [-0.25, -0.2) is 0 Å². The van der Waals surface area contributed by atoms with Crippen LogP contribution < -0.4 is 15.8 Å². The summed E-state index contributed by atoms with van der Waals surface area (Å²) in [7, 11) is 0. The molecule has 2 aromatic carbocycles. The number of carbonyl (C=O) groups excluding carboxylic acids is 2. The van der Waals surface area contributed by atoms with Gasteiger partial charge in [-0.15, -0.1) is 0 Å². The molecule has 5 atom stereocenters. The fraction of sp³-hybridized carbons (Fsp3) is 0.533. The molecule has 192 valence electrons. The summed E-state index contributed by atoms with van der Waals surface area (Å²) in [6.45, 7) is 11.4. The van der Waals surface area contributed by atoms with Crippen molar-refractivity contribution in [1.82, 2.24) is 5.32 Å². The van der Waals surface area contributed by atoms with Crippen LogP contribution in [-0.4, -0.2) is 30.9 Å². The van der Waals surface area contributed by atoms with Gasteiger partial charge in [0.2, 0.25) is 5.91 Å². The van der Waals surface area contributed by atoms with Gasteiger partial charge in [0, 0.05) is 24.8 Å². The van der Waals surface area contributed by atoms with Gasteiger partial charge in [-0.3, -0.25) is 9.59 Å². The summed E-state index contributed by atoms with van der Waals surface area (Å²) in [6.07, 6.45) is 3.46. The van der Waals surface area contributed by atoms with E-state index in [1.54, 1.807) is 0 Å². The number of hydrogen-bond acceptors (Lipinski definition) is 4. The van der Waals surface area contributed by atoms with Gasteiger partial charge in [0.1, 0.15) is 11.5 Å². The van der Waals surface area contributed by atoms with E-state index >= 15 is 0 Å². The fourth-order valence-electron chi connectivity index (χ4n) is 4.16. The minimum absolute atomic E-state index is 0.0970. The molecule has 0 aromatic heterocycles. The van der Waals surface area contributed by atoms with Gasteiger partial charge < -0.3 is 15.8 Å². The summed E-state index contributed by atoms with van der Waals surface area (Å²) in [5.74, 6) is 1.05. The van der Waals surface area contributed by atoms with E-state index in [-0.39, 0.29) is 29.4 Å². The molecule has 0 aliphatic heterocycles. The highest BCUT2D eigenvalue weighted by molar-refractivity contribution is 5.86.